The molecule has 0 aliphatic carbocycles. The molecule has 422 valence electrons. The Bertz CT molecular complexity index is 3190. The summed E-state index contributed by atoms with van der Waals surface area (Å²) in [7, 11) is 0. The van der Waals surface area contributed by atoms with Crippen molar-refractivity contribution >= 4 is 41.1 Å². The second-order valence-corrected chi connectivity index (χ2v) is 19.3. The molecule has 4 aromatic carbocycles. The monoisotopic (exact) mass is 1110 g/mol. The normalized spacial score (nSPS) is 22.0. The van der Waals surface area contributed by atoms with E-state index in [4.69, 9.17) is 14.2 Å². The van der Waals surface area contributed by atoms with E-state index in [9.17, 15) is 93.7 Å². The van der Waals surface area contributed by atoms with Crippen molar-refractivity contribution in [3.63, 3.8) is 0 Å². The minimum absolute atomic E-state index is 0.000700. The van der Waals surface area contributed by atoms with Crippen molar-refractivity contribution in [1.29, 1.82) is 0 Å². The zero-order valence-electron chi connectivity index (χ0n) is 41.5. The van der Waals surface area contributed by atoms with Gasteiger partial charge in [-0.1, -0.05) is 12.1 Å². The molecule has 6 heterocycles. The van der Waals surface area contributed by atoms with E-state index in [1.54, 1.807) is 5.32 Å². The lowest BCUT2D eigenvalue weighted by molar-refractivity contribution is -0.355. The van der Waals surface area contributed by atoms with E-state index in [1.807, 2.05) is 15.1 Å². The van der Waals surface area contributed by atoms with Crippen LogP contribution in [0.3, 0.4) is 0 Å². The summed E-state index contributed by atoms with van der Waals surface area (Å²) in [6.45, 7) is 2.07. The number of nitrogens with zero attached hydrogens (tertiary/aromatic N) is 4. The first-order valence-electron chi connectivity index (χ1n) is 24.4. The van der Waals surface area contributed by atoms with Crippen molar-refractivity contribution in [3.05, 3.63) is 92.5 Å². The third kappa shape index (κ3) is 9.88. The number of anilines is 1. The summed E-state index contributed by atoms with van der Waals surface area (Å²) in [6.07, 6.45) is -0.424. The summed E-state index contributed by atoms with van der Waals surface area (Å²) < 4.78 is 46.2. The minimum Gasteiger partial charge on any atom is -0.507 e. The van der Waals surface area contributed by atoms with E-state index in [1.165, 1.54) is 36.4 Å². The molecule has 0 radical (unpaired) electrons. The van der Waals surface area contributed by atoms with Gasteiger partial charge in [0.25, 0.3) is 35.3 Å². The second-order valence-electron chi connectivity index (χ2n) is 19.3. The number of carbonyl (C=O) groups is 6. The molecule has 6 aliphatic rings. The molecule has 4 saturated heterocycles. The summed E-state index contributed by atoms with van der Waals surface area (Å²) in [4.78, 5) is 79.6. The van der Waals surface area contributed by atoms with E-state index >= 15 is 0 Å². The highest BCUT2D eigenvalue weighted by molar-refractivity contribution is 6.09. The molecule has 0 aromatic heterocycles. The Morgan fingerprint density at radius 2 is 1.18 bits per heavy atom. The van der Waals surface area contributed by atoms with Crippen molar-refractivity contribution in [2.45, 2.75) is 75.5 Å². The summed E-state index contributed by atoms with van der Waals surface area (Å²) in [5.74, 6) is -21.1. The minimum atomic E-state index is -3.82. The molecule has 6 aliphatic heterocycles. The smallest absolute Gasteiger partial charge is 0.303 e. The third-order valence-electron chi connectivity index (χ3n) is 14.6. The maximum absolute atomic E-state index is 15.0. The highest BCUT2D eigenvalue weighted by Crippen LogP contribution is 2.45. The van der Waals surface area contributed by atoms with Crippen LogP contribution in [-0.4, -0.2) is 187 Å². The van der Waals surface area contributed by atoms with Crippen LogP contribution >= 0.6 is 0 Å². The van der Waals surface area contributed by atoms with Crippen molar-refractivity contribution in [1.82, 2.24) is 30.2 Å². The highest BCUT2D eigenvalue weighted by Gasteiger charge is 2.67. The van der Waals surface area contributed by atoms with Crippen LogP contribution in [0.2, 0.25) is 0 Å². The van der Waals surface area contributed by atoms with E-state index in [0.717, 1.165) is 4.90 Å². The van der Waals surface area contributed by atoms with Gasteiger partial charge in [-0.2, -0.15) is 0 Å². The van der Waals surface area contributed by atoms with Gasteiger partial charge in [-0.3, -0.25) is 54.1 Å². The maximum Gasteiger partial charge on any atom is 0.303 e. The lowest BCUT2D eigenvalue weighted by Gasteiger charge is -2.44. The fourth-order valence-electron chi connectivity index (χ4n) is 10.0. The Balaban J connectivity index is 0.000000192. The number of nitrogens with one attached hydrogen (secondary N) is 3. The number of hydrogen-bond donors (Lipinski definition) is 14. The Labute approximate surface area is 444 Å². The Kier molecular flexibility index (Phi) is 15.1. The lowest BCUT2D eigenvalue weighted by atomic mass is 9.90. The summed E-state index contributed by atoms with van der Waals surface area (Å²) in [6, 6.07) is 6.41. The molecular formula is C50H53F2N7O20. The maximum atomic E-state index is 15.0. The van der Waals surface area contributed by atoms with Crippen LogP contribution < -0.4 is 20.7 Å². The van der Waals surface area contributed by atoms with Crippen LogP contribution in [0.5, 0.6) is 40.2 Å². The number of imide groups is 2. The van der Waals surface area contributed by atoms with Crippen molar-refractivity contribution < 1.29 is 108 Å². The Hall–Kier alpha value is -8.00. The molecular weight excluding hydrogens is 1060 g/mol. The SMILES string of the molecule is O=C1CCC(O)(N2Cc3c(OCc4c(O)c(CN5CCOCC5)c(O)c(O)c4F)cccc3C2=O)C(=O)N1.O=C1NC(=O)C(O)(O)C(O)(O)C1N1Cc2c(NCc3c(O)c(CN4CCOCC4)c(O)c(O)c3F)cccc2C1=O. The number of rotatable bonds is 12. The number of phenols is 6. The number of morpholine rings is 2. The number of phenolic OH excluding ortho intramolecular Hbond substituents is 6. The van der Waals surface area contributed by atoms with E-state index in [-0.39, 0.29) is 77.3 Å². The second kappa shape index (κ2) is 21.3. The summed E-state index contributed by atoms with van der Waals surface area (Å²) in [5, 5.41) is 121. The predicted octanol–water partition coefficient (Wildman–Crippen LogP) is -1.84. The van der Waals surface area contributed by atoms with E-state index in [2.05, 4.69) is 5.32 Å². The molecule has 0 bridgehead atoms. The number of aliphatic hydroxyl groups is 5. The molecule has 6 amide bonds. The predicted molar refractivity (Wildman–Crippen MR) is 258 cm³/mol. The van der Waals surface area contributed by atoms with Gasteiger partial charge in [0.1, 0.15) is 23.9 Å². The zero-order valence-corrected chi connectivity index (χ0v) is 41.5. The van der Waals surface area contributed by atoms with Crippen molar-refractivity contribution in [2.24, 2.45) is 0 Å². The van der Waals surface area contributed by atoms with Gasteiger partial charge in [-0.15, -0.1) is 0 Å². The van der Waals surface area contributed by atoms with Gasteiger partial charge in [0.2, 0.25) is 11.6 Å². The number of aromatic hydroxyl groups is 6. The van der Waals surface area contributed by atoms with E-state index < -0.39 is 130 Å². The number of ether oxygens (including phenoxy) is 3. The number of halogens is 2. The molecule has 2 atom stereocenters. The van der Waals surface area contributed by atoms with Crippen LogP contribution in [0.25, 0.3) is 0 Å². The third-order valence-corrected chi connectivity index (χ3v) is 14.6. The van der Waals surface area contributed by atoms with Crippen molar-refractivity contribution in [2.75, 3.05) is 57.9 Å². The number of amides is 6. The number of piperidine rings is 2. The Morgan fingerprint density at radius 1 is 0.633 bits per heavy atom. The van der Waals surface area contributed by atoms with Gasteiger partial charge in [0.15, 0.2) is 40.7 Å². The van der Waals surface area contributed by atoms with Gasteiger partial charge >= 0.3 is 5.79 Å². The number of fused-ring (bicyclic) bond motifs is 2. The quantitative estimate of drug-likeness (QED) is 0.0321. The fourth-order valence-corrected chi connectivity index (χ4v) is 10.0. The standard InChI is InChI=1S/C25H27FN4O11.C25H26FN3O9/c26-16-12(17(31)14(18(32)19(16)33)9-29-4-6-41-7-5-29)8-27-15-3-1-2-11-13(15)10-30(22(11)35)20-21(34)28-23(36)25(39,40)24(20,37)38;26-19-16(20(31)15(21(32)22(19)33)10-28-6-8-37-9-7-28)12-38-17-3-1-2-13-14(17)11-29(23(13)34)25(36)5-4-18(30)27-24(25)35/h1-3,20,27,31-33,37-40H,4-10H2,(H,28,34,36);1-3,31-33,36H,4-12H2,(H,27,30,35). The first-order chi connectivity index (χ1) is 37.4. The fraction of sp³-hybridized carbons (Fsp3) is 0.400. The summed E-state index contributed by atoms with van der Waals surface area (Å²) in [5.41, 5.74) is -2.37. The molecule has 27 nitrogen and oxygen atoms in total. The number of carbonyl (C=O) groups excluding carboxylic acids is 6. The number of hydrogen-bond acceptors (Lipinski definition) is 23. The molecule has 79 heavy (non-hydrogen) atoms. The lowest BCUT2D eigenvalue weighted by Crippen LogP contribution is -2.79. The first kappa shape index (κ1) is 55.7. The average molecular weight is 1110 g/mol. The van der Waals surface area contributed by atoms with Gasteiger partial charge in [-0.05, 0) is 24.3 Å². The molecule has 0 saturated carbocycles. The van der Waals surface area contributed by atoms with Crippen LogP contribution in [-0.2, 0) is 68.0 Å². The van der Waals surface area contributed by atoms with Crippen LogP contribution in [0, 0.1) is 11.6 Å². The molecule has 0 spiro atoms. The van der Waals surface area contributed by atoms with Gasteiger partial charge in [-0.25, -0.2) is 8.78 Å². The molecule has 10 rings (SSSR count). The zero-order chi connectivity index (χ0) is 57.0. The molecule has 4 aromatic rings. The molecule has 29 heteroatoms. The summed E-state index contributed by atoms with van der Waals surface area (Å²) >= 11 is 0. The largest absolute Gasteiger partial charge is 0.507 e. The number of benzene rings is 4. The van der Waals surface area contributed by atoms with Gasteiger partial charge in [0, 0.05) is 93.1 Å². The molecule has 14 N–H and O–H groups in total. The van der Waals surface area contributed by atoms with Gasteiger partial charge < -0.3 is 80.6 Å². The van der Waals surface area contributed by atoms with Crippen LogP contribution in [0.1, 0.15) is 66.9 Å². The topological polar surface area (TPSA) is 402 Å². The molecule has 2 unspecified atom stereocenters. The highest BCUT2D eigenvalue weighted by atomic mass is 19.1. The molecule has 4 fully saturated rings. The average Bonchev–Trinajstić information content (AvgIpc) is 4.22. The van der Waals surface area contributed by atoms with Crippen LogP contribution in [0.15, 0.2) is 36.4 Å². The Morgan fingerprint density at radius 3 is 1.76 bits per heavy atom. The van der Waals surface area contributed by atoms with Crippen LogP contribution in [0.4, 0.5) is 14.5 Å². The van der Waals surface area contributed by atoms with Gasteiger partial charge in [0.05, 0.1) is 55.2 Å². The first-order valence-corrected chi connectivity index (χ1v) is 24.4. The van der Waals surface area contributed by atoms with Crippen molar-refractivity contribution in [3.8, 4) is 40.2 Å². The van der Waals surface area contributed by atoms with E-state index in [0.29, 0.717) is 63.1 Å².